The SMILES string of the molecule is O=C1NCCc2c1cc(-c1ccnc(C=Cc3ccc(CN4CCOCC4)cc3N3CCOCC3)c1)n2OC(=O)C(F)(F)F. The van der Waals surface area contributed by atoms with Gasteiger partial charge in [-0.15, -0.1) is 0 Å². The molecular weight excluding hydrogens is 579 g/mol. The Kier molecular flexibility index (Phi) is 8.69. The average Bonchev–Trinajstić information content (AvgIpc) is 3.40. The summed E-state index contributed by atoms with van der Waals surface area (Å²) in [6.07, 6.45) is 0.303. The van der Waals surface area contributed by atoms with Gasteiger partial charge >= 0.3 is 12.1 Å². The third-order valence-corrected chi connectivity index (χ3v) is 7.82. The number of anilines is 1. The molecule has 3 aliphatic heterocycles. The number of amides is 1. The zero-order chi connectivity index (χ0) is 30.7. The molecule has 6 rings (SSSR count). The maximum atomic E-state index is 13.1. The molecule has 1 aromatic carbocycles. The molecule has 44 heavy (non-hydrogen) atoms. The van der Waals surface area contributed by atoms with Crippen molar-refractivity contribution in [3.8, 4) is 11.3 Å². The Balaban J connectivity index is 1.30. The maximum Gasteiger partial charge on any atom is 0.493 e. The number of morpholine rings is 2. The number of alkyl halides is 3. The van der Waals surface area contributed by atoms with Crippen molar-refractivity contribution < 1.29 is 37.1 Å². The highest BCUT2D eigenvalue weighted by molar-refractivity contribution is 5.98. The van der Waals surface area contributed by atoms with E-state index in [-0.39, 0.29) is 29.9 Å². The Morgan fingerprint density at radius 1 is 1.00 bits per heavy atom. The number of carbonyl (C=O) groups is 2. The number of benzene rings is 1. The molecule has 1 amide bonds. The van der Waals surface area contributed by atoms with E-state index in [9.17, 15) is 22.8 Å². The van der Waals surface area contributed by atoms with Crippen molar-refractivity contribution in [1.82, 2.24) is 19.9 Å². The van der Waals surface area contributed by atoms with Gasteiger partial charge in [-0.3, -0.25) is 14.7 Å². The summed E-state index contributed by atoms with van der Waals surface area (Å²) in [7, 11) is 0. The summed E-state index contributed by atoms with van der Waals surface area (Å²) in [6.45, 7) is 7.09. The van der Waals surface area contributed by atoms with Crippen LogP contribution in [0.3, 0.4) is 0 Å². The number of nitrogens with zero attached hydrogens (tertiary/aromatic N) is 4. The molecule has 3 aliphatic rings. The first-order chi connectivity index (χ1) is 21.3. The Labute approximate surface area is 252 Å². The van der Waals surface area contributed by atoms with Crippen LogP contribution in [0.25, 0.3) is 23.4 Å². The van der Waals surface area contributed by atoms with E-state index in [4.69, 9.17) is 14.3 Å². The first kappa shape index (κ1) is 29.9. The molecule has 2 fully saturated rings. The fourth-order valence-electron chi connectivity index (χ4n) is 5.59. The molecule has 13 heteroatoms. The van der Waals surface area contributed by atoms with Gasteiger partial charge in [-0.2, -0.15) is 17.9 Å². The number of fused-ring (bicyclic) bond motifs is 1. The maximum absolute atomic E-state index is 13.1. The third-order valence-electron chi connectivity index (χ3n) is 7.82. The number of carbonyl (C=O) groups excluding carboxylic acids is 2. The second-order valence-electron chi connectivity index (χ2n) is 10.8. The summed E-state index contributed by atoms with van der Waals surface area (Å²) < 4.78 is 51.2. The topological polar surface area (TPSA) is 98.2 Å². The van der Waals surface area contributed by atoms with Gasteiger partial charge in [0.1, 0.15) is 0 Å². The van der Waals surface area contributed by atoms with E-state index in [2.05, 4.69) is 38.3 Å². The van der Waals surface area contributed by atoms with E-state index in [1.54, 1.807) is 12.1 Å². The standard InChI is InChI=1S/C31H32F3N5O5/c32-31(33,34)30(41)44-39-26-6-8-36-29(40)25(26)19-28(39)23-5-7-35-24(18-23)4-3-22-2-1-21(20-37-9-13-42-14-10-37)17-27(22)38-11-15-43-16-12-38/h1-5,7,17-19H,6,8-16,20H2,(H,36,40). The number of ether oxygens (including phenoxy) is 2. The number of hydrogen-bond donors (Lipinski definition) is 1. The summed E-state index contributed by atoms with van der Waals surface area (Å²) in [4.78, 5) is 38.1. The molecule has 0 spiro atoms. The van der Waals surface area contributed by atoms with Crippen LogP contribution in [0.15, 0.2) is 42.6 Å². The highest BCUT2D eigenvalue weighted by Gasteiger charge is 2.43. The van der Waals surface area contributed by atoms with Crippen molar-refractivity contribution in [2.24, 2.45) is 0 Å². The third kappa shape index (κ3) is 6.64. The summed E-state index contributed by atoms with van der Waals surface area (Å²) in [6, 6.07) is 11.1. The van der Waals surface area contributed by atoms with Crippen molar-refractivity contribution in [3.63, 3.8) is 0 Å². The number of aromatic nitrogens is 2. The van der Waals surface area contributed by atoms with E-state index >= 15 is 0 Å². The zero-order valence-electron chi connectivity index (χ0n) is 23.9. The highest BCUT2D eigenvalue weighted by atomic mass is 19.4. The minimum atomic E-state index is -5.20. The van der Waals surface area contributed by atoms with Crippen LogP contribution in [0.1, 0.15) is 32.9 Å². The van der Waals surface area contributed by atoms with Crippen molar-refractivity contribution in [2.45, 2.75) is 19.1 Å². The van der Waals surface area contributed by atoms with Crippen LogP contribution < -0.4 is 15.1 Å². The lowest BCUT2D eigenvalue weighted by Gasteiger charge is -2.31. The lowest BCUT2D eigenvalue weighted by Crippen LogP contribution is -2.37. The van der Waals surface area contributed by atoms with Crippen LogP contribution in [0, 0.1) is 0 Å². The van der Waals surface area contributed by atoms with E-state index in [0.717, 1.165) is 61.9 Å². The molecule has 10 nitrogen and oxygen atoms in total. The first-order valence-corrected chi connectivity index (χ1v) is 14.5. The van der Waals surface area contributed by atoms with Gasteiger partial charge in [-0.1, -0.05) is 18.2 Å². The number of pyridine rings is 1. The molecule has 3 aromatic rings. The van der Waals surface area contributed by atoms with E-state index < -0.39 is 18.1 Å². The van der Waals surface area contributed by atoms with Gasteiger partial charge in [-0.05, 0) is 41.5 Å². The predicted octanol–water partition coefficient (Wildman–Crippen LogP) is 3.19. The smallest absolute Gasteiger partial charge is 0.379 e. The minimum absolute atomic E-state index is 0.142. The second-order valence-corrected chi connectivity index (χ2v) is 10.8. The first-order valence-electron chi connectivity index (χ1n) is 14.5. The Morgan fingerprint density at radius 2 is 1.75 bits per heavy atom. The molecule has 232 valence electrons. The van der Waals surface area contributed by atoms with Gasteiger partial charge in [0.15, 0.2) is 0 Å². The molecule has 0 saturated carbocycles. The quantitative estimate of drug-likeness (QED) is 0.435. The summed E-state index contributed by atoms with van der Waals surface area (Å²) >= 11 is 0. The molecule has 2 aromatic heterocycles. The zero-order valence-corrected chi connectivity index (χ0v) is 23.9. The van der Waals surface area contributed by atoms with Crippen molar-refractivity contribution in [3.05, 3.63) is 70.7 Å². The predicted molar refractivity (Wildman–Crippen MR) is 156 cm³/mol. The van der Waals surface area contributed by atoms with Crippen LogP contribution in [0.2, 0.25) is 0 Å². The molecule has 5 heterocycles. The number of nitrogens with one attached hydrogen (secondary N) is 1. The lowest BCUT2D eigenvalue weighted by molar-refractivity contribution is -0.199. The molecular formula is C31H32F3N5O5. The molecule has 1 N–H and O–H groups in total. The number of rotatable bonds is 7. The molecule has 0 bridgehead atoms. The highest BCUT2D eigenvalue weighted by Crippen LogP contribution is 2.30. The van der Waals surface area contributed by atoms with Crippen LogP contribution >= 0.6 is 0 Å². The Bertz CT molecular complexity index is 1560. The summed E-state index contributed by atoms with van der Waals surface area (Å²) in [5.41, 5.74) is 4.73. The summed E-state index contributed by atoms with van der Waals surface area (Å²) in [5.74, 6) is -2.82. The molecule has 2 saturated heterocycles. The van der Waals surface area contributed by atoms with Crippen LogP contribution in [-0.4, -0.2) is 91.8 Å². The molecule has 0 atom stereocenters. The minimum Gasteiger partial charge on any atom is -0.379 e. The van der Waals surface area contributed by atoms with Gasteiger partial charge in [0.2, 0.25) is 0 Å². The molecule has 0 aliphatic carbocycles. The second kappa shape index (κ2) is 12.8. The number of hydrogen-bond acceptors (Lipinski definition) is 8. The normalized spacial score (nSPS) is 17.9. The average molecular weight is 612 g/mol. The van der Waals surface area contributed by atoms with Crippen LogP contribution in [0.5, 0.6) is 0 Å². The fourth-order valence-corrected chi connectivity index (χ4v) is 5.59. The van der Waals surface area contributed by atoms with Gasteiger partial charge in [-0.25, -0.2) is 4.79 Å². The van der Waals surface area contributed by atoms with Gasteiger partial charge in [0.05, 0.1) is 49.1 Å². The van der Waals surface area contributed by atoms with E-state index in [1.165, 1.54) is 17.8 Å². The van der Waals surface area contributed by atoms with E-state index in [1.807, 2.05) is 12.2 Å². The summed E-state index contributed by atoms with van der Waals surface area (Å²) in [5, 5.41) is 2.66. The van der Waals surface area contributed by atoms with Crippen LogP contribution in [0.4, 0.5) is 18.9 Å². The number of halogens is 3. The lowest BCUT2D eigenvalue weighted by atomic mass is 10.0. The fraction of sp³-hybridized carbons (Fsp3) is 0.387. The van der Waals surface area contributed by atoms with Gasteiger partial charge in [0, 0.05) is 63.1 Å². The van der Waals surface area contributed by atoms with E-state index in [0.29, 0.717) is 24.5 Å². The molecule has 0 unspecified atom stereocenters. The van der Waals surface area contributed by atoms with Gasteiger partial charge in [0.25, 0.3) is 5.91 Å². The molecule has 0 radical (unpaired) electrons. The van der Waals surface area contributed by atoms with Crippen LogP contribution in [-0.2, 0) is 27.2 Å². The van der Waals surface area contributed by atoms with Gasteiger partial charge < -0.3 is 24.5 Å². The monoisotopic (exact) mass is 611 g/mol. The Hall–Kier alpha value is -4.20. The Morgan fingerprint density at radius 3 is 2.50 bits per heavy atom. The van der Waals surface area contributed by atoms with Crippen molar-refractivity contribution in [1.29, 1.82) is 0 Å². The van der Waals surface area contributed by atoms with Crippen molar-refractivity contribution >= 4 is 29.7 Å². The largest absolute Gasteiger partial charge is 0.493 e. The van der Waals surface area contributed by atoms with Crippen molar-refractivity contribution in [2.75, 3.05) is 64.1 Å².